The standard InChI is InChI=1S/C23H20ClN3O2S/c1-15-9-10-19(29-2)21-22(15)30-23(26-21)27(14-16-6-5-11-25-13-16)20(28)12-17-7-3-4-8-18(17)24/h3-11,13H,12,14H2,1-2H3. The number of methoxy groups -OCH3 is 1. The molecule has 0 aliphatic carbocycles. The van der Waals surface area contributed by atoms with Crippen LogP contribution in [0.25, 0.3) is 10.2 Å². The number of hydrogen-bond donors (Lipinski definition) is 0. The molecule has 0 N–H and O–H groups in total. The fraction of sp³-hybridized carbons (Fsp3) is 0.174. The average molecular weight is 438 g/mol. The normalized spacial score (nSPS) is 10.9. The summed E-state index contributed by atoms with van der Waals surface area (Å²) in [5.74, 6) is 0.612. The molecule has 2 aromatic heterocycles. The largest absolute Gasteiger partial charge is 0.494 e. The van der Waals surface area contributed by atoms with Crippen molar-refractivity contribution in [2.75, 3.05) is 12.0 Å². The van der Waals surface area contributed by atoms with Gasteiger partial charge in [0.1, 0.15) is 11.3 Å². The van der Waals surface area contributed by atoms with Crippen molar-refractivity contribution in [3.8, 4) is 5.75 Å². The van der Waals surface area contributed by atoms with Crippen LogP contribution in [0.1, 0.15) is 16.7 Å². The Morgan fingerprint density at radius 2 is 2.00 bits per heavy atom. The van der Waals surface area contributed by atoms with Gasteiger partial charge in [0.15, 0.2) is 5.13 Å². The molecule has 2 aromatic carbocycles. The predicted octanol–water partition coefficient (Wildman–Crippen LogP) is 5.44. The van der Waals surface area contributed by atoms with Gasteiger partial charge in [0.2, 0.25) is 5.91 Å². The number of halogens is 1. The molecule has 30 heavy (non-hydrogen) atoms. The number of benzene rings is 2. The summed E-state index contributed by atoms with van der Waals surface area (Å²) in [6.07, 6.45) is 3.66. The maximum atomic E-state index is 13.4. The average Bonchev–Trinajstić information content (AvgIpc) is 3.21. The molecular formula is C23H20ClN3O2S. The number of nitrogens with zero attached hydrogens (tertiary/aromatic N) is 3. The lowest BCUT2D eigenvalue weighted by Crippen LogP contribution is -2.31. The third-order valence-corrected chi connectivity index (χ3v) is 6.39. The highest BCUT2D eigenvalue weighted by molar-refractivity contribution is 7.22. The minimum Gasteiger partial charge on any atom is -0.494 e. The number of hydrogen-bond acceptors (Lipinski definition) is 5. The molecule has 0 radical (unpaired) electrons. The molecule has 0 unspecified atom stereocenters. The molecule has 0 atom stereocenters. The van der Waals surface area contributed by atoms with Crippen LogP contribution in [0.5, 0.6) is 5.75 Å². The summed E-state index contributed by atoms with van der Waals surface area (Å²) in [6, 6.07) is 15.1. The number of anilines is 1. The number of ether oxygens (including phenoxy) is 1. The highest BCUT2D eigenvalue weighted by Crippen LogP contribution is 2.37. The molecule has 0 aliphatic rings. The van der Waals surface area contributed by atoms with Crippen molar-refractivity contribution in [3.05, 3.63) is 82.6 Å². The first-order valence-electron chi connectivity index (χ1n) is 9.43. The van der Waals surface area contributed by atoms with Gasteiger partial charge >= 0.3 is 0 Å². The van der Waals surface area contributed by atoms with Crippen LogP contribution >= 0.6 is 22.9 Å². The van der Waals surface area contributed by atoms with Gasteiger partial charge in [-0.15, -0.1) is 0 Å². The molecule has 0 aliphatic heterocycles. The van der Waals surface area contributed by atoms with E-state index >= 15 is 0 Å². The molecule has 4 rings (SSSR count). The summed E-state index contributed by atoms with van der Waals surface area (Å²) in [7, 11) is 1.62. The Kier molecular flexibility index (Phi) is 5.97. The lowest BCUT2D eigenvalue weighted by atomic mass is 10.1. The molecule has 4 aromatic rings. The van der Waals surface area contributed by atoms with Gasteiger partial charge in [0.05, 0.1) is 24.8 Å². The first-order valence-corrected chi connectivity index (χ1v) is 10.6. The van der Waals surface area contributed by atoms with E-state index < -0.39 is 0 Å². The quantitative estimate of drug-likeness (QED) is 0.403. The van der Waals surface area contributed by atoms with Crippen LogP contribution in [0.3, 0.4) is 0 Å². The van der Waals surface area contributed by atoms with Crippen LogP contribution in [0.4, 0.5) is 5.13 Å². The molecule has 1 amide bonds. The summed E-state index contributed by atoms with van der Waals surface area (Å²) in [6.45, 7) is 2.40. The third-order valence-electron chi connectivity index (χ3n) is 4.81. The molecule has 2 heterocycles. The number of amides is 1. The molecular weight excluding hydrogens is 418 g/mol. The number of carbonyl (C=O) groups excluding carboxylic acids is 1. The number of aromatic nitrogens is 2. The fourth-order valence-electron chi connectivity index (χ4n) is 3.22. The zero-order valence-corrected chi connectivity index (χ0v) is 18.2. The Bertz CT molecular complexity index is 1190. The smallest absolute Gasteiger partial charge is 0.233 e. The van der Waals surface area contributed by atoms with Gasteiger partial charge in [-0.1, -0.05) is 53.3 Å². The minimum atomic E-state index is -0.0809. The van der Waals surface area contributed by atoms with E-state index in [1.807, 2.05) is 49.4 Å². The Labute approximate surface area is 183 Å². The lowest BCUT2D eigenvalue weighted by molar-refractivity contribution is -0.118. The number of pyridine rings is 1. The van der Waals surface area contributed by atoms with Gasteiger partial charge < -0.3 is 4.74 Å². The first kappa shape index (κ1) is 20.3. The van der Waals surface area contributed by atoms with Gasteiger partial charge in [-0.25, -0.2) is 4.98 Å². The second kappa shape index (κ2) is 8.81. The number of aryl methyl sites for hydroxylation is 1. The first-order chi connectivity index (χ1) is 14.6. The summed E-state index contributed by atoms with van der Waals surface area (Å²) < 4.78 is 6.48. The second-order valence-corrected chi connectivity index (χ2v) is 8.25. The van der Waals surface area contributed by atoms with Crippen LogP contribution in [-0.4, -0.2) is 23.0 Å². The zero-order valence-electron chi connectivity index (χ0n) is 16.6. The lowest BCUT2D eigenvalue weighted by Gasteiger charge is -2.20. The van der Waals surface area contributed by atoms with Crippen molar-refractivity contribution in [3.63, 3.8) is 0 Å². The highest BCUT2D eigenvalue weighted by atomic mass is 35.5. The van der Waals surface area contributed by atoms with Gasteiger partial charge in [0, 0.05) is 17.4 Å². The van der Waals surface area contributed by atoms with E-state index in [9.17, 15) is 4.79 Å². The molecule has 7 heteroatoms. The van der Waals surface area contributed by atoms with Crippen molar-refractivity contribution in [1.29, 1.82) is 0 Å². The molecule has 0 spiro atoms. The van der Waals surface area contributed by atoms with E-state index in [2.05, 4.69) is 4.98 Å². The van der Waals surface area contributed by atoms with Crippen LogP contribution in [0.2, 0.25) is 5.02 Å². The van der Waals surface area contributed by atoms with E-state index in [1.165, 1.54) is 11.3 Å². The SMILES string of the molecule is COc1ccc(C)c2sc(N(Cc3cccnc3)C(=O)Cc3ccccc3Cl)nc12. The molecule has 0 saturated carbocycles. The van der Waals surface area contributed by atoms with Gasteiger partial charge in [-0.3, -0.25) is 14.7 Å². The Balaban J connectivity index is 1.75. The fourth-order valence-corrected chi connectivity index (χ4v) is 4.49. The van der Waals surface area contributed by atoms with E-state index in [1.54, 1.807) is 30.5 Å². The Hall–Kier alpha value is -2.96. The maximum Gasteiger partial charge on any atom is 0.233 e. The van der Waals surface area contributed by atoms with Crippen LogP contribution < -0.4 is 9.64 Å². The summed E-state index contributed by atoms with van der Waals surface area (Å²) in [4.78, 5) is 24.0. The van der Waals surface area contributed by atoms with Gasteiger partial charge in [0.25, 0.3) is 0 Å². The van der Waals surface area contributed by atoms with E-state index in [4.69, 9.17) is 21.3 Å². The number of thiazole rings is 1. The van der Waals surface area contributed by atoms with Crippen molar-refractivity contribution in [1.82, 2.24) is 9.97 Å². The third kappa shape index (κ3) is 4.15. The Morgan fingerprint density at radius 3 is 2.73 bits per heavy atom. The second-order valence-electron chi connectivity index (χ2n) is 6.87. The van der Waals surface area contributed by atoms with Gasteiger partial charge in [-0.05, 0) is 41.8 Å². The van der Waals surface area contributed by atoms with Gasteiger partial charge in [-0.2, -0.15) is 0 Å². The van der Waals surface area contributed by atoms with Crippen molar-refractivity contribution in [2.45, 2.75) is 19.9 Å². The van der Waals surface area contributed by atoms with E-state index in [0.29, 0.717) is 22.4 Å². The number of carbonyl (C=O) groups is 1. The molecule has 0 saturated heterocycles. The van der Waals surface area contributed by atoms with Crippen LogP contribution in [0, 0.1) is 6.92 Å². The van der Waals surface area contributed by atoms with Crippen LogP contribution in [0.15, 0.2) is 60.9 Å². The van der Waals surface area contributed by atoms with Crippen molar-refractivity contribution >= 4 is 44.2 Å². The topological polar surface area (TPSA) is 55.3 Å². The van der Waals surface area contributed by atoms with E-state index in [0.717, 1.165) is 26.9 Å². The summed E-state index contributed by atoms with van der Waals surface area (Å²) in [5.41, 5.74) is 3.57. The highest BCUT2D eigenvalue weighted by Gasteiger charge is 2.23. The minimum absolute atomic E-state index is 0.0809. The Morgan fingerprint density at radius 1 is 1.17 bits per heavy atom. The zero-order chi connectivity index (χ0) is 21.1. The predicted molar refractivity (Wildman–Crippen MR) is 121 cm³/mol. The molecule has 0 bridgehead atoms. The number of fused-ring (bicyclic) bond motifs is 1. The summed E-state index contributed by atoms with van der Waals surface area (Å²) >= 11 is 7.78. The summed E-state index contributed by atoms with van der Waals surface area (Å²) in [5, 5.41) is 1.20. The van der Waals surface area contributed by atoms with Crippen LogP contribution in [-0.2, 0) is 17.8 Å². The maximum absolute atomic E-state index is 13.4. The van der Waals surface area contributed by atoms with E-state index in [-0.39, 0.29) is 12.3 Å². The van der Waals surface area contributed by atoms with Crippen molar-refractivity contribution < 1.29 is 9.53 Å². The molecule has 5 nitrogen and oxygen atoms in total. The molecule has 0 fully saturated rings. The van der Waals surface area contributed by atoms with Crippen molar-refractivity contribution in [2.24, 2.45) is 0 Å². The monoisotopic (exact) mass is 437 g/mol. The number of rotatable bonds is 6. The molecule has 152 valence electrons.